The predicted octanol–water partition coefficient (Wildman–Crippen LogP) is 1.42. The molecule has 0 aliphatic rings. The lowest BCUT2D eigenvalue weighted by Gasteiger charge is -2.10. The second-order valence-corrected chi connectivity index (χ2v) is 2.95. The summed E-state index contributed by atoms with van der Waals surface area (Å²) in [6.45, 7) is 5.61. The molecule has 0 fully saturated rings. The molecular formula is C9H13NO2. The van der Waals surface area contributed by atoms with E-state index >= 15 is 0 Å². The first-order valence-electron chi connectivity index (χ1n) is 3.96. The van der Waals surface area contributed by atoms with Crippen LogP contribution in [0.15, 0.2) is 18.3 Å². The van der Waals surface area contributed by atoms with E-state index in [1.807, 2.05) is 13.8 Å². The molecule has 0 spiro atoms. The Bertz CT molecular complexity index is 271. The molecule has 1 aromatic heterocycles. The van der Waals surface area contributed by atoms with E-state index in [-0.39, 0.29) is 6.10 Å². The molecule has 0 saturated carbocycles. The molecule has 0 saturated heterocycles. The summed E-state index contributed by atoms with van der Waals surface area (Å²) < 4.78 is 6.21. The smallest absolute Gasteiger partial charge is 0.231 e. The van der Waals surface area contributed by atoms with Crippen molar-refractivity contribution in [2.75, 3.05) is 0 Å². The zero-order valence-corrected chi connectivity index (χ0v) is 7.57. The Kier molecular flexibility index (Phi) is 2.53. The zero-order chi connectivity index (χ0) is 9.14. The number of hydrogen-bond donors (Lipinski definition) is 0. The van der Waals surface area contributed by atoms with Crippen molar-refractivity contribution in [1.82, 2.24) is 0 Å². The van der Waals surface area contributed by atoms with Gasteiger partial charge in [-0.05, 0) is 19.9 Å². The second-order valence-electron chi connectivity index (χ2n) is 2.95. The van der Waals surface area contributed by atoms with Crippen molar-refractivity contribution in [2.45, 2.75) is 26.9 Å². The average Bonchev–Trinajstić information content (AvgIpc) is 1.98. The van der Waals surface area contributed by atoms with Gasteiger partial charge in [0.2, 0.25) is 5.69 Å². The summed E-state index contributed by atoms with van der Waals surface area (Å²) in [6, 6.07) is 3.47. The fourth-order valence-corrected chi connectivity index (χ4v) is 0.928. The van der Waals surface area contributed by atoms with E-state index in [1.54, 1.807) is 19.1 Å². The van der Waals surface area contributed by atoms with E-state index < -0.39 is 0 Å². The standard InChI is InChI=1S/C9H13NO2/c1-7(2)12-9-5-4-6-10(11)8(9)3/h4-7H,1-3H3. The summed E-state index contributed by atoms with van der Waals surface area (Å²) in [5.41, 5.74) is 0.603. The van der Waals surface area contributed by atoms with E-state index in [9.17, 15) is 5.21 Å². The van der Waals surface area contributed by atoms with Crippen molar-refractivity contribution in [3.63, 3.8) is 0 Å². The van der Waals surface area contributed by atoms with Gasteiger partial charge in [0.05, 0.1) is 6.10 Å². The third-order valence-corrected chi connectivity index (χ3v) is 1.52. The molecule has 0 unspecified atom stereocenters. The number of aromatic nitrogens is 1. The monoisotopic (exact) mass is 167 g/mol. The van der Waals surface area contributed by atoms with E-state index in [2.05, 4.69) is 0 Å². The van der Waals surface area contributed by atoms with Crippen molar-refractivity contribution < 1.29 is 9.47 Å². The van der Waals surface area contributed by atoms with Crippen LogP contribution in [0.3, 0.4) is 0 Å². The number of hydrogen-bond acceptors (Lipinski definition) is 2. The molecule has 1 aromatic rings. The Balaban J connectivity index is 2.92. The van der Waals surface area contributed by atoms with Crippen LogP contribution in [0.4, 0.5) is 0 Å². The highest BCUT2D eigenvalue weighted by atomic mass is 16.5. The third-order valence-electron chi connectivity index (χ3n) is 1.52. The van der Waals surface area contributed by atoms with Gasteiger partial charge in [-0.15, -0.1) is 0 Å². The first-order valence-corrected chi connectivity index (χ1v) is 3.96. The first kappa shape index (κ1) is 8.84. The summed E-state index contributed by atoms with van der Waals surface area (Å²) in [5.74, 6) is 0.655. The molecule has 3 heteroatoms. The summed E-state index contributed by atoms with van der Waals surface area (Å²) in [7, 11) is 0. The van der Waals surface area contributed by atoms with Crippen LogP contribution in [-0.4, -0.2) is 6.10 Å². The molecule has 0 aromatic carbocycles. The Labute approximate surface area is 72.2 Å². The van der Waals surface area contributed by atoms with Gasteiger partial charge in [-0.1, -0.05) is 0 Å². The molecule has 0 N–H and O–H groups in total. The lowest BCUT2D eigenvalue weighted by Crippen LogP contribution is -2.30. The van der Waals surface area contributed by atoms with Gasteiger partial charge in [-0.2, -0.15) is 4.73 Å². The van der Waals surface area contributed by atoms with Crippen LogP contribution in [0.5, 0.6) is 5.75 Å². The minimum Gasteiger partial charge on any atom is -0.618 e. The van der Waals surface area contributed by atoms with Crippen molar-refractivity contribution in [2.24, 2.45) is 0 Å². The molecule has 1 rings (SSSR count). The van der Waals surface area contributed by atoms with E-state index in [0.717, 1.165) is 4.73 Å². The molecule has 3 nitrogen and oxygen atoms in total. The lowest BCUT2D eigenvalue weighted by atomic mass is 10.3. The van der Waals surface area contributed by atoms with E-state index in [4.69, 9.17) is 4.74 Å². The van der Waals surface area contributed by atoms with Crippen molar-refractivity contribution in [1.29, 1.82) is 0 Å². The van der Waals surface area contributed by atoms with Crippen LogP contribution in [-0.2, 0) is 0 Å². The number of nitrogens with zero attached hydrogens (tertiary/aromatic N) is 1. The summed E-state index contributed by atoms with van der Waals surface area (Å²) in [5, 5.41) is 11.1. The largest absolute Gasteiger partial charge is 0.618 e. The quantitative estimate of drug-likeness (QED) is 0.493. The highest BCUT2D eigenvalue weighted by Gasteiger charge is 2.08. The summed E-state index contributed by atoms with van der Waals surface area (Å²) >= 11 is 0. The molecule has 66 valence electrons. The van der Waals surface area contributed by atoms with Crippen molar-refractivity contribution >= 4 is 0 Å². The maximum Gasteiger partial charge on any atom is 0.231 e. The van der Waals surface area contributed by atoms with Crippen LogP contribution in [0, 0.1) is 12.1 Å². The van der Waals surface area contributed by atoms with E-state index in [0.29, 0.717) is 11.4 Å². The van der Waals surface area contributed by atoms with Gasteiger partial charge in [-0.25, -0.2) is 0 Å². The molecule has 0 bridgehead atoms. The molecule has 12 heavy (non-hydrogen) atoms. The van der Waals surface area contributed by atoms with Gasteiger partial charge in [-0.3, -0.25) is 0 Å². The minimum atomic E-state index is 0.103. The molecule has 0 atom stereocenters. The normalized spacial score (nSPS) is 10.3. The number of pyridine rings is 1. The average molecular weight is 167 g/mol. The second kappa shape index (κ2) is 3.43. The van der Waals surface area contributed by atoms with Crippen LogP contribution in [0.1, 0.15) is 19.5 Å². The van der Waals surface area contributed by atoms with Gasteiger partial charge in [0.15, 0.2) is 11.9 Å². The minimum absolute atomic E-state index is 0.103. The summed E-state index contributed by atoms with van der Waals surface area (Å²) in [6.07, 6.45) is 1.56. The van der Waals surface area contributed by atoms with Gasteiger partial charge in [0, 0.05) is 13.0 Å². The third kappa shape index (κ3) is 1.87. The van der Waals surface area contributed by atoms with Crippen LogP contribution in [0.2, 0.25) is 0 Å². The maximum atomic E-state index is 11.1. The van der Waals surface area contributed by atoms with Crippen LogP contribution in [0.25, 0.3) is 0 Å². The van der Waals surface area contributed by atoms with Gasteiger partial charge >= 0.3 is 0 Å². The fraction of sp³-hybridized carbons (Fsp3) is 0.444. The van der Waals surface area contributed by atoms with Crippen molar-refractivity contribution in [3.05, 3.63) is 29.2 Å². The Morgan fingerprint density at radius 3 is 2.75 bits per heavy atom. The highest BCUT2D eigenvalue weighted by molar-refractivity contribution is 5.22. The molecule has 0 aliphatic carbocycles. The SMILES string of the molecule is Cc1c(OC(C)C)ccc[n+]1[O-]. The van der Waals surface area contributed by atoms with Crippen LogP contribution < -0.4 is 9.47 Å². The Hall–Kier alpha value is -1.25. The predicted molar refractivity (Wildman–Crippen MR) is 45.9 cm³/mol. The number of ether oxygens (including phenoxy) is 1. The van der Waals surface area contributed by atoms with Gasteiger partial charge < -0.3 is 9.94 Å². The molecule has 1 heterocycles. The molecule has 0 radical (unpaired) electrons. The van der Waals surface area contributed by atoms with E-state index in [1.165, 1.54) is 6.20 Å². The maximum absolute atomic E-state index is 11.1. The Morgan fingerprint density at radius 2 is 2.17 bits per heavy atom. The molecule has 0 amide bonds. The topological polar surface area (TPSA) is 36.2 Å². The van der Waals surface area contributed by atoms with Gasteiger partial charge in [0.1, 0.15) is 0 Å². The zero-order valence-electron chi connectivity index (χ0n) is 7.57. The van der Waals surface area contributed by atoms with Crippen LogP contribution >= 0.6 is 0 Å². The molecular weight excluding hydrogens is 154 g/mol. The fourth-order valence-electron chi connectivity index (χ4n) is 0.928. The molecule has 0 aliphatic heterocycles. The number of rotatable bonds is 2. The summed E-state index contributed by atoms with van der Waals surface area (Å²) in [4.78, 5) is 0. The Morgan fingerprint density at radius 1 is 1.50 bits per heavy atom. The van der Waals surface area contributed by atoms with Crippen molar-refractivity contribution in [3.8, 4) is 5.75 Å². The first-order chi connectivity index (χ1) is 5.61. The lowest BCUT2D eigenvalue weighted by molar-refractivity contribution is -0.612. The van der Waals surface area contributed by atoms with Gasteiger partial charge in [0.25, 0.3) is 0 Å². The highest BCUT2D eigenvalue weighted by Crippen LogP contribution is 2.13.